The Morgan fingerprint density at radius 2 is 1.76 bits per heavy atom. The lowest BCUT2D eigenvalue weighted by Gasteiger charge is -2.34. The Morgan fingerprint density at radius 3 is 2.41 bits per heavy atom. The summed E-state index contributed by atoms with van der Waals surface area (Å²) in [4.78, 5) is 61.7. The first-order chi connectivity index (χ1) is 27.2. The topological polar surface area (TPSA) is 192 Å². The van der Waals surface area contributed by atoms with Gasteiger partial charge in [0.2, 0.25) is 33.3 Å². The van der Waals surface area contributed by atoms with Crippen LogP contribution in [0.15, 0.2) is 36.5 Å². The quantitative estimate of drug-likeness (QED) is 0.301. The van der Waals surface area contributed by atoms with Crippen LogP contribution in [0.3, 0.4) is 0 Å². The number of allylic oxidation sites excluding steroid dienone is 1. The second-order valence-corrected chi connectivity index (χ2v) is 18.3. The van der Waals surface area contributed by atoms with Gasteiger partial charge in [-0.05, 0) is 82.4 Å². The fourth-order valence-electron chi connectivity index (χ4n) is 7.66. The third-order valence-electron chi connectivity index (χ3n) is 11.4. The summed E-state index contributed by atoms with van der Waals surface area (Å²) < 4.78 is 91.2. The summed E-state index contributed by atoms with van der Waals surface area (Å²) in [7, 11) is -1.00. The van der Waals surface area contributed by atoms with Crippen molar-refractivity contribution in [3.63, 3.8) is 0 Å². The lowest BCUT2D eigenvalue weighted by atomic mass is 9.88. The number of aromatic nitrogens is 1. The number of carbonyl (C=O) groups is 4. The highest BCUT2D eigenvalue weighted by Gasteiger charge is 2.62. The maximum absolute atomic E-state index is 14.7. The van der Waals surface area contributed by atoms with Crippen molar-refractivity contribution in [2.24, 2.45) is 17.8 Å². The number of alkyl carbamates (subject to hydrolysis) is 1. The molecule has 15 nitrogen and oxygen atoms in total. The van der Waals surface area contributed by atoms with Crippen molar-refractivity contribution in [1.82, 2.24) is 25.2 Å². The monoisotopic (exact) mass is 837 g/mol. The van der Waals surface area contributed by atoms with E-state index < -0.39 is 86.4 Å². The molecule has 1 aromatic carbocycles. The number of alkyl halides is 3. The van der Waals surface area contributed by atoms with Crippen molar-refractivity contribution in [2.45, 2.75) is 113 Å². The van der Waals surface area contributed by atoms with Crippen molar-refractivity contribution in [2.75, 3.05) is 20.8 Å². The molecular weight excluding hydrogens is 788 g/mol. The highest BCUT2D eigenvalue weighted by Crippen LogP contribution is 2.46. The van der Waals surface area contributed by atoms with Gasteiger partial charge < -0.3 is 34.5 Å². The number of nitrogens with zero attached hydrogens (tertiary/aromatic N) is 2. The van der Waals surface area contributed by atoms with E-state index in [9.17, 15) is 40.8 Å². The normalized spacial score (nSPS) is 28.3. The van der Waals surface area contributed by atoms with Gasteiger partial charge in [0.05, 0.1) is 32.2 Å². The molecule has 58 heavy (non-hydrogen) atoms. The van der Waals surface area contributed by atoms with Gasteiger partial charge in [0, 0.05) is 23.1 Å². The Morgan fingerprint density at radius 1 is 1.03 bits per heavy atom. The van der Waals surface area contributed by atoms with Gasteiger partial charge in [0.25, 0.3) is 5.91 Å². The maximum Gasteiger partial charge on any atom is 0.427 e. The molecule has 7 atom stereocenters. The van der Waals surface area contributed by atoms with Crippen LogP contribution >= 0.6 is 0 Å². The highest BCUT2D eigenvalue weighted by molar-refractivity contribution is 7.91. The lowest BCUT2D eigenvalue weighted by Crippen LogP contribution is -2.59. The molecular formula is C39H50F3N5O10S. The first-order valence-electron chi connectivity index (χ1n) is 19.3. The zero-order chi connectivity index (χ0) is 42.4. The van der Waals surface area contributed by atoms with Crippen molar-refractivity contribution in [1.29, 1.82) is 0 Å². The fraction of sp³-hybridized carbons (Fsp3) is 0.615. The van der Waals surface area contributed by atoms with Crippen LogP contribution in [0, 0.1) is 17.8 Å². The van der Waals surface area contributed by atoms with Gasteiger partial charge in [-0.25, -0.2) is 18.2 Å². The first kappa shape index (κ1) is 42.8. The summed E-state index contributed by atoms with van der Waals surface area (Å²) in [6.45, 7) is 4.75. The van der Waals surface area contributed by atoms with Crippen molar-refractivity contribution in [3.05, 3.63) is 36.5 Å². The number of nitrogens with one attached hydrogen (secondary N) is 3. The molecule has 318 valence electrons. The lowest BCUT2D eigenvalue weighted by molar-refractivity contribution is -0.244. The van der Waals surface area contributed by atoms with E-state index in [2.05, 4.69) is 20.3 Å². The molecule has 4 aliphatic rings. The van der Waals surface area contributed by atoms with Gasteiger partial charge in [-0.15, -0.1) is 0 Å². The molecule has 19 heteroatoms. The summed E-state index contributed by atoms with van der Waals surface area (Å²) in [5.74, 6) is -2.61. The average Bonchev–Trinajstić information content (AvgIpc) is 4.08. The molecule has 4 amide bonds. The molecule has 6 rings (SSSR count). The van der Waals surface area contributed by atoms with Crippen LogP contribution in [0.5, 0.6) is 17.4 Å². The van der Waals surface area contributed by atoms with Crippen molar-refractivity contribution in [3.8, 4) is 17.4 Å². The Hall–Kier alpha value is -4.81. The minimum absolute atomic E-state index is 0.0428. The van der Waals surface area contributed by atoms with Crippen LogP contribution in [-0.4, -0.2) is 104 Å². The molecule has 3 fully saturated rings. The molecule has 0 spiro atoms. The molecule has 0 bridgehead atoms. The minimum atomic E-state index is -4.92. The zero-order valence-electron chi connectivity index (χ0n) is 33.2. The van der Waals surface area contributed by atoms with E-state index >= 15 is 0 Å². The second-order valence-electron chi connectivity index (χ2n) is 16.3. The van der Waals surface area contributed by atoms with Crippen LogP contribution in [0.25, 0.3) is 10.8 Å². The Bertz CT molecular complexity index is 2080. The summed E-state index contributed by atoms with van der Waals surface area (Å²) in [6, 6.07) is 2.35. The van der Waals surface area contributed by atoms with Crippen LogP contribution in [-0.2, 0) is 29.1 Å². The molecule has 0 radical (unpaired) electrons. The highest BCUT2D eigenvalue weighted by atomic mass is 32.2. The molecule has 7 unspecified atom stereocenters. The predicted octanol–water partition coefficient (Wildman–Crippen LogP) is 4.53. The van der Waals surface area contributed by atoms with Crippen molar-refractivity contribution >= 4 is 44.6 Å². The molecule has 2 aromatic rings. The molecule has 2 aliphatic carbocycles. The minimum Gasteiger partial charge on any atom is -0.497 e. The van der Waals surface area contributed by atoms with Crippen LogP contribution in [0.1, 0.15) is 72.6 Å². The standard InChI is InChI=1S/C39H50F3N5O10S/c1-21-9-7-8-10-23-18-38(23,35(50)46-58(52,53)26-12-13-26)45-32(48)29-17-25(56-33-27-14-11-24(54-5)16-28(27)30(55-6)19-43-33)20-47(29)34(49)31(22(2)15-21)44-36(51)57-37(3,4)39(40,41)42/h8,10-11,14,16,19,21-23,25-26,29,31H,7,9,12-13,15,17-18,20H2,1-6H3,(H,44,51)(H,45,48)(H,46,50). The number of hydrogen-bond acceptors (Lipinski definition) is 11. The number of fused-ring (bicyclic) bond motifs is 3. The Labute approximate surface area is 334 Å². The number of pyridine rings is 1. The number of halogens is 3. The number of benzene rings is 1. The molecule has 2 saturated carbocycles. The van der Waals surface area contributed by atoms with Gasteiger partial charge in [-0.1, -0.05) is 26.0 Å². The first-order valence-corrected chi connectivity index (χ1v) is 20.8. The van der Waals surface area contributed by atoms with Crippen LogP contribution < -0.4 is 29.6 Å². The van der Waals surface area contributed by atoms with E-state index in [0.29, 0.717) is 68.2 Å². The van der Waals surface area contributed by atoms with Gasteiger partial charge in [-0.3, -0.25) is 19.1 Å². The number of sulfonamides is 1. The summed E-state index contributed by atoms with van der Waals surface area (Å²) in [5, 5.41) is 5.57. The fourth-order valence-corrected chi connectivity index (χ4v) is 9.02. The predicted molar refractivity (Wildman–Crippen MR) is 203 cm³/mol. The van der Waals surface area contributed by atoms with E-state index in [1.165, 1.54) is 25.3 Å². The summed E-state index contributed by atoms with van der Waals surface area (Å²) in [5.41, 5.74) is -4.53. The molecule has 3 heterocycles. The molecule has 1 aromatic heterocycles. The smallest absolute Gasteiger partial charge is 0.427 e. The van der Waals surface area contributed by atoms with Gasteiger partial charge >= 0.3 is 12.3 Å². The number of ether oxygens (including phenoxy) is 4. The van der Waals surface area contributed by atoms with E-state index in [0.717, 1.165) is 0 Å². The third-order valence-corrected chi connectivity index (χ3v) is 13.3. The summed E-state index contributed by atoms with van der Waals surface area (Å²) >= 11 is 0. The number of amides is 4. The maximum atomic E-state index is 14.7. The number of rotatable bonds is 9. The van der Waals surface area contributed by atoms with E-state index in [1.54, 1.807) is 31.2 Å². The largest absolute Gasteiger partial charge is 0.497 e. The number of carbonyl (C=O) groups excluding carboxylic acids is 4. The van der Waals surface area contributed by atoms with Gasteiger partial charge in [-0.2, -0.15) is 13.2 Å². The van der Waals surface area contributed by atoms with Gasteiger partial charge in [0.15, 0.2) is 0 Å². The second kappa shape index (κ2) is 16.1. The molecule has 2 aliphatic heterocycles. The van der Waals surface area contributed by atoms with E-state index in [4.69, 9.17) is 18.9 Å². The van der Waals surface area contributed by atoms with Crippen LogP contribution in [0.2, 0.25) is 0 Å². The number of methoxy groups -OCH3 is 2. The summed E-state index contributed by atoms with van der Waals surface area (Å²) in [6.07, 6.45) is 0.0722. The van der Waals surface area contributed by atoms with Gasteiger partial charge in [0.1, 0.15) is 35.2 Å². The van der Waals surface area contributed by atoms with Crippen molar-refractivity contribution < 1.29 is 59.7 Å². The van der Waals surface area contributed by atoms with E-state index in [-0.39, 0.29) is 31.2 Å². The average molecular weight is 838 g/mol. The third kappa shape index (κ3) is 8.93. The Balaban J connectivity index is 1.36. The number of hydrogen-bond donors (Lipinski definition) is 3. The SMILES string of the molecule is COc1ccc2c(OC3CC4C(=O)NC5(C(=O)NS(=O)(=O)C6CC6)CC5C=CCCC(C)CC(C)C(NC(=O)OC(C)(C)C(F)(F)F)C(=O)N4C3)ncc(OC)c2c1. The zero-order valence-corrected chi connectivity index (χ0v) is 34.0. The molecule has 1 saturated heterocycles. The Kier molecular flexibility index (Phi) is 11.9. The van der Waals surface area contributed by atoms with E-state index in [1.807, 2.05) is 13.0 Å². The van der Waals surface area contributed by atoms with Crippen LogP contribution in [0.4, 0.5) is 18.0 Å². The molecule has 3 N–H and O–H groups in total.